The summed E-state index contributed by atoms with van der Waals surface area (Å²) in [5.74, 6) is 0.0592. The van der Waals surface area contributed by atoms with E-state index in [1.807, 2.05) is 44.2 Å². The van der Waals surface area contributed by atoms with Crippen LogP contribution in [0, 0.1) is 12.8 Å². The van der Waals surface area contributed by atoms with Gasteiger partial charge in [-0.15, -0.1) is 0 Å². The lowest BCUT2D eigenvalue weighted by atomic mass is 10.1. The maximum absolute atomic E-state index is 12.7. The minimum Gasteiger partial charge on any atom is -0.352 e. The van der Waals surface area contributed by atoms with Crippen LogP contribution in [0.5, 0.6) is 0 Å². The van der Waals surface area contributed by atoms with Crippen LogP contribution in [0.1, 0.15) is 48.3 Å². The van der Waals surface area contributed by atoms with Gasteiger partial charge in [0, 0.05) is 18.2 Å². The minimum absolute atomic E-state index is 0.0839. The van der Waals surface area contributed by atoms with Gasteiger partial charge < -0.3 is 5.32 Å². The number of hydrogen-bond acceptors (Lipinski definition) is 3. The molecule has 0 aromatic heterocycles. The van der Waals surface area contributed by atoms with Gasteiger partial charge in [0.15, 0.2) is 0 Å². The lowest BCUT2D eigenvalue weighted by Crippen LogP contribution is -2.29. The summed E-state index contributed by atoms with van der Waals surface area (Å²) in [5, 5.41) is 2.83. The Morgan fingerprint density at radius 1 is 1.04 bits per heavy atom. The standard InChI is InChI=1S/C20H26N2O3S/c1-14(2)13-21-20(23)19-12-18(11-10-15(19)3)26(24,25)22-16(4)17-8-6-5-7-9-17/h5-12,14,16,22H,13H2,1-4H3,(H,21,23)/t16-/m0/s1. The first-order valence-electron chi connectivity index (χ1n) is 8.67. The molecule has 5 nitrogen and oxygen atoms in total. The van der Waals surface area contributed by atoms with Crippen LogP contribution in [-0.2, 0) is 10.0 Å². The van der Waals surface area contributed by atoms with E-state index in [9.17, 15) is 13.2 Å². The molecular formula is C20H26N2O3S. The third kappa shape index (κ3) is 5.16. The van der Waals surface area contributed by atoms with E-state index in [0.717, 1.165) is 11.1 Å². The van der Waals surface area contributed by atoms with Crippen LogP contribution in [0.4, 0.5) is 0 Å². The summed E-state index contributed by atoms with van der Waals surface area (Å²) in [5.41, 5.74) is 1.99. The molecule has 0 fully saturated rings. The molecule has 0 aliphatic carbocycles. The Morgan fingerprint density at radius 3 is 2.31 bits per heavy atom. The molecule has 1 amide bonds. The zero-order chi connectivity index (χ0) is 19.3. The molecule has 140 valence electrons. The van der Waals surface area contributed by atoms with Crippen LogP contribution < -0.4 is 10.0 Å². The third-order valence-corrected chi connectivity index (χ3v) is 5.60. The van der Waals surface area contributed by atoms with Gasteiger partial charge in [-0.1, -0.05) is 50.2 Å². The Labute approximate surface area is 155 Å². The number of benzene rings is 2. The molecule has 2 N–H and O–H groups in total. The predicted octanol–water partition coefficient (Wildman–Crippen LogP) is 3.42. The number of carbonyl (C=O) groups excluding carboxylic acids is 1. The SMILES string of the molecule is Cc1ccc(S(=O)(=O)N[C@@H](C)c2ccccc2)cc1C(=O)NCC(C)C. The average molecular weight is 375 g/mol. The van der Waals surface area contributed by atoms with Gasteiger partial charge in [0.05, 0.1) is 4.90 Å². The Bertz CT molecular complexity index is 862. The van der Waals surface area contributed by atoms with Crippen molar-refractivity contribution in [3.05, 3.63) is 65.2 Å². The van der Waals surface area contributed by atoms with Crippen molar-refractivity contribution in [1.82, 2.24) is 10.0 Å². The molecule has 0 unspecified atom stereocenters. The zero-order valence-electron chi connectivity index (χ0n) is 15.6. The van der Waals surface area contributed by atoms with Crippen LogP contribution in [0.25, 0.3) is 0 Å². The molecule has 0 heterocycles. The first-order chi connectivity index (χ1) is 12.2. The molecule has 6 heteroatoms. The van der Waals surface area contributed by atoms with E-state index in [0.29, 0.717) is 18.0 Å². The van der Waals surface area contributed by atoms with Gasteiger partial charge in [-0.3, -0.25) is 4.79 Å². The monoisotopic (exact) mass is 374 g/mol. The van der Waals surface area contributed by atoms with Gasteiger partial charge in [0.2, 0.25) is 10.0 Å². The van der Waals surface area contributed by atoms with Crippen LogP contribution in [0.2, 0.25) is 0 Å². The van der Waals surface area contributed by atoms with Crippen molar-refractivity contribution >= 4 is 15.9 Å². The highest BCUT2D eigenvalue weighted by atomic mass is 32.2. The van der Waals surface area contributed by atoms with E-state index < -0.39 is 10.0 Å². The molecule has 0 saturated carbocycles. The van der Waals surface area contributed by atoms with Gasteiger partial charge in [-0.25, -0.2) is 13.1 Å². The van der Waals surface area contributed by atoms with E-state index in [1.165, 1.54) is 12.1 Å². The molecule has 2 aromatic rings. The summed E-state index contributed by atoms with van der Waals surface area (Å²) in [4.78, 5) is 12.5. The first kappa shape index (κ1) is 20.1. The summed E-state index contributed by atoms with van der Waals surface area (Å²) >= 11 is 0. The molecule has 0 aliphatic heterocycles. The van der Waals surface area contributed by atoms with Gasteiger partial charge >= 0.3 is 0 Å². The Hall–Kier alpha value is -2.18. The van der Waals surface area contributed by atoms with Crippen LogP contribution in [-0.4, -0.2) is 20.9 Å². The lowest BCUT2D eigenvalue weighted by Gasteiger charge is -2.16. The van der Waals surface area contributed by atoms with Crippen molar-refractivity contribution in [3.8, 4) is 0 Å². The van der Waals surface area contributed by atoms with Gasteiger partial charge in [-0.05, 0) is 43.0 Å². The number of aryl methyl sites for hydroxylation is 1. The second-order valence-electron chi connectivity index (χ2n) is 6.83. The van der Waals surface area contributed by atoms with E-state index >= 15 is 0 Å². The second-order valence-corrected chi connectivity index (χ2v) is 8.55. The second kappa shape index (κ2) is 8.47. The van der Waals surface area contributed by atoms with Crippen molar-refractivity contribution in [2.24, 2.45) is 5.92 Å². The van der Waals surface area contributed by atoms with Gasteiger partial charge in [0.1, 0.15) is 0 Å². The van der Waals surface area contributed by atoms with Crippen LogP contribution in [0.15, 0.2) is 53.4 Å². The number of hydrogen-bond donors (Lipinski definition) is 2. The molecule has 0 spiro atoms. The number of nitrogens with one attached hydrogen (secondary N) is 2. The summed E-state index contributed by atoms with van der Waals surface area (Å²) in [6.07, 6.45) is 0. The number of rotatable bonds is 7. The molecule has 26 heavy (non-hydrogen) atoms. The molecule has 0 bridgehead atoms. The van der Waals surface area contributed by atoms with Crippen molar-refractivity contribution in [3.63, 3.8) is 0 Å². The highest BCUT2D eigenvalue weighted by Crippen LogP contribution is 2.19. The van der Waals surface area contributed by atoms with E-state index in [1.54, 1.807) is 19.9 Å². The molecular weight excluding hydrogens is 348 g/mol. The Morgan fingerprint density at radius 2 is 1.69 bits per heavy atom. The Balaban J connectivity index is 2.24. The number of amides is 1. The molecule has 0 radical (unpaired) electrons. The highest BCUT2D eigenvalue weighted by Gasteiger charge is 2.21. The fourth-order valence-corrected chi connectivity index (χ4v) is 3.77. The van der Waals surface area contributed by atoms with Crippen molar-refractivity contribution in [2.75, 3.05) is 6.54 Å². The smallest absolute Gasteiger partial charge is 0.251 e. The fraction of sp³-hybridized carbons (Fsp3) is 0.350. The number of carbonyl (C=O) groups is 1. The van der Waals surface area contributed by atoms with Crippen molar-refractivity contribution in [2.45, 2.75) is 38.6 Å². The molecule has 2 aromatic carbocycles. The molecule has 0 saturated heterocycles. The van der Waals surface area contributed by atoms with E-state index in [4.69, 9.17) is 0 Å². The molecule has 2 rings (SSSR count). The normalized spacial score (nSPS) is 12.8. The van der Waals surface area contributed by atoms with Crippen molar-refractivity contribution in [1.29, 1.82) is 0 Å². The largest absolute Gasteiger partial charge is 0.352 e. The quantitative estimate of drug-likeness (QED) is 0.780. The lowest BCUT2D eigenvalue weighted by molar-refractivity contribution is 0.0948. The maximum atomic E-state index is 12.7. The first-order valence-corrected chi connectivity index (χ1v) is 10.1. The topological polar surface area (TPSA) is 75.3 Å². The summed E-state index contributed by atoms with van der Waals surface area (Å²) in [6, 6.07) is 13.6. The highest BCUT2D eigenvalue weighted by molar-refractivity contribution is 7.89. The summed E-state index contributed by atoms with van der Waals surface area (Å²) in [6.45, 7) is 8.13. The van der Waals surface area contributed by atoms with E-state index in [-0.39, 0.29) is 16.8 Å². The predicted molar refractivity (Wildman–Crippen MR) is 104 cm³/mol. The van der Waals surface area contributed by atoms with E-state index in [2.05, 4.69) is 10.0 Å². The van der Waals surface area contributed by atoms with Crippen LogP contribution in [0.3, 0.4) is 0 Å². The third-order valence-electron chi connectivity index (χ3n) is 4.07. The number of sulfonamides is 1. The van der Waals surface area contributed by atoms with Crippen molar-refractivity contribution < 1.29 is 13.2 Å². The zero-order valence-corrected chi connectivity index (χ0v) is 16.4. The summed E-state index contributed by atoms with van der Waals surface area (Å²) in [7, 11) is -3.74. The maximum Gasteiger partial charge on any atom is 0.251 e. The average Bonchev–Trinajstić information content (AvgIpc) is 2.60. The minimum atomic E-state index is -3.74. The van der Waals surface area contributed by atoms with Gasteiger partial charge in [0.25, 0.3) is 5.91 Å². The van der Waals surface area contributed by atoms with Crippen LogP contribution >= 0.6 is 0 Å². The molecule has 0 aliphatic rings. The Kier molecular flexibility index (Phi) is 6.56. The summed E-state index contributed by atoms with van der Waals surface area (Å²) < 4.78 is 28.1. The van der Waals surface area contributed by atoms with Gasteiger partial charge in [-0.2, -0.15) is 0 Å². The fourth-order valence-electron chi connectivity index (χ4n) is 2.52. The molecule has 1 atom stereocenters.